The molecular weight excluding hydrogens is 210 g/mol. The Balaban J connectivity index is 4.12. The zero-order valence-electron chi connectivity index (χ0n) is 8.08. The van der Waals surface area contributed by atoms with Gasteiger partial charge >= 0.3 is 0 Å². The molecule has 72 valence electrons. The fourth-order valence-electron chi connectivity index (χ4n) is 0.264. The van der Waals surface area contributed by atoms with E-state index in [0.29, 0.717) is 4.32 Å². The van der Waals surface area contributed by atoms with Crippen molar-refractivity contribution < 1.29 is 4.21 Å². The maximum Gasteiger partial charge on any atom is 0.148 e. The van der Waals surface area contributed by atoms with Crippen molar-refractivity contribution in [2.75, 3.05) is 14.1 Å². The van der Waals surface area contributed by atoms with Crippen molar-refractivity contribution in [3.8, 4) is 0 Å². The molecule has 0 rings (SSSR count). The van der Waals surface area contributed by atoms with Gasteiger partial charge in [-0.05, 0) is 20.8 Å². The van der Waals surface area contributed by atoms with Crippen LogP contribution in [0.3, 0.4) is 0 Å². The van der Waals surface area contributed by atoms with Gasteiger partial charge in [-0.25, -0.2) is 4.21 Å². The molecule has 0 amide bonds. The molecule has 2 nitrogen and oxygen atoms in total. The molecule has 0 aliphatic carbocycles. The minimum Gasteiger partial charge on any atom is -0.363 e. The molecule has 1 unspecified atom stereocenters. The average Bonchev–Trinajstić information content (AvgIpc) is 1.85. The van der Waals surface area contributed by atoms with Gasteiger partial charge in [-0.3, -0.25) is 0 Å². The first kappa shape index (κ1) is 12.4. The minimum absolute atomic E-state index is 0.204. The second kappa shape index (κ2) is 4.58. The van der Waals surface area contributed by atoms with E-state index in [4.69, 9.17) is 12.2 Å². The zero-order chi connectivity index (χ0) is 9.94. The monoisotopic (exact) mass is 225 g/mol. The first-order valence-electron chi connectivity index (χ1n) is 3.56. The van der Waals surface area contributed by atoms with E-state index in [9.17, 15) is 4.21 Å². The molecule has 0 spiro atoms. The molecule has 0 radical (unpaired) electrons. The third-order valence-electron chi connectivity index (χ3n) is 1.01. The summed E-state index contributed by atoms with van der Waals surface area (Å²) in [5.74, 6) is 0. The standard InChI is InChI=1S/C7H15NOS3/c1-7(2,3)12(9)11-6(10)8(4)5/h1-5H3. The first-order valence-corrected chi connectivity index (χ1v) is 6.46. The topological polar surface area (TPSA) is 20.3 Å². The minimum atomic E-state index is -0.954. The predicted octanol–water partition coefficient (Wildman–Crippen LogP) is 2.03. The molecule has 0 fully saturated rings. The number of nitrogens with zero attached hydrogens (tertiary/aromatic N) is 1. The van der Waals surface area contributed by atoms with E-state index in [1.54, 1.807) is 4.90 Å². The highest BCUT2D eigenvalue weighted by atomic mass is 33.1. The van der Waals surface area contributed by atoms with Gasteiger partial charge in [0.1, 0.15) is 4.32 Å². The van der Waals surface area contributed by atoms with E-state index < -0.39 is 9.83 Å². The molecule has 0 aliphatic heterocycles. The average molecular weight is 225 g/mol. The van der Waals surface area contributed by atoms with E-state index in [2.05, 4.69) is 0 Å². The summed E-state index contributed by atoms with van der Waals surface area (Å²) < 4.78 is 12.0. The van der Waals surface area contributed by atoms with Crippen LogP contribution < -0.4 is 0 Å². The van der Waals surface area contributed by atoms with Crippen LogP contribution in [0.2, 0.25) is 0 Å². The zero-order valence-corrected chi connectivity index (χ0v) is 10.5. The molecule has 0 N–H and O–H groups in total. The first-order chi connectivity index (χ1) is 5.25. The number of thiocarbonyl (C=S) groups is 1. The van der Waals surface area contributed by atoms with Crippen LogP contribution in [-0.2, 0) is 9.83 Å². The molecule has 0 aliphatic rings. The molecule has 0 saturated heterocycles. The summed E-state index contributed by atoms with van der Waals surface area (Å²) in [5, 5.41) is 0. The third kappa shape index (κ3) is 4.42. The predicted molar refractivity (Wildman–Crippen MR) is 61.8 cm³/mol. The van der Waals surface area contributed by atoms with Crippen molar-refractivity contribution in [2.45, 2.75) is 25.5 Å². The largest absolute Gasteiger partial charge is 0.363 e. The maximum absolute atomic E-state index is 11.5. The van der Waals surface area contributed by atoms with Gasteiger partial charge < -0.3 is 4.90 Å². The van der Waals surface area contributed by atoms with Crippen molar-refractivity contribution in [3.63, 3.8) is 0 Å². The van der Waals surface area contributed by atoms with Crippen LogP contribution >= 0.6 is 23.0 Å². The molecule has 1 atom stereocenters. The summed E-state index contributed by atoms with van der Waals surface area (Å²) in [5.41, 5.74) is 0. The van der Waals surface area contributed by atoms with Gasteiger partial charge in [0.25, 0.3) is 0 Å². The summed E-state index contributed by atoms with van der Waals surface area (Å²) in [4.78, 5) is 1.80. The maximum atomic E-state index is 11.5. The van der Waals surface area contributed by atoms with Gasteiger partial charge in [0.15, 0.2) is 0 Å². The lowest BCUT2D eigenvalue weighted by Crippen LogP contribution is -2.23. The summed E-state index contributed by atoms with van der Waals surface area (Å²) in [7, 11) is 4.00. The normalized spacial score (nSPS) is 14.1. The number of rotatable bonds is 1. The van der Waals surface area contributed by atoms with Gasteiger partial charge in [-0.15, -0.1) is 0 Å². The highest BCUT2D eigenvalue weighted by Gasteiger charge is 2.22. The molecule has 0 bridgehead atoms. The Hall–Kier alpha value is 0.390. The van der Waals surface area contributed by atoms with Crippen molar-refractivity contribution in [1.29, 1.82) is 0 Å². The Morgan fingerprint density at radius 3 is 2.08 bits per heavy atom. The van der Waals surface area contributed by atoms with Crippen molar-refractivity contribution >= 4 is 37.2 Å². The SMILES string of the molecule is CN(C)C(=S)SS(=O)C(C)(C)C. The molecule has 0 aromatic carbocycles. The van der Waals surface area contributed by atoms with E-state index >= 15 is 0 Å². The summed E-state index contributed by atoms with van der Waals surface area (Å²) in [6, 6.07) is 0. The Bertz CT molecular complexity index is 195. The van der Waals surface area contributed by atoms with E-state index in [-0.39, 0.29) is 4.75 Å². The van der Waals surface area contributed by atoms with Crippen LogP contribution in [0.1, 0.15) is 20.8 Å². The van der Waals surface area contributed by atoms with Crippen LogP contribution in [0.15, 0.2) is 0 Å². The fourth-order valence-corrected chi connectivity index (χ4v) is 2.93. The van der Waals surface area contributed by atoms with Crippen molar-refractivity contribution in [2.24, 2.45) is 0 Å². The Morgan fingerprint density at radius 1 is 1.42 bits per heavy atom. The molecule has 0 heterocycles. The molecule has 12 heavy (non-hydrogen) atoms. The third-order valence-corrected chi connectivity index (χ3v) is 6.03. The van der Waals surface area contributed by atoms with Crippen LogP contribution in [0, 0.1) is 0 Å². The fraction of sp³-hybridized carbons (Fsp3) is 0.857. The lowest BCUT2D eigenvalue weighted by atomic mass is 10.3. The van der Waals surface area contributed by atoms with Crippen molar-refractivity contribution in [1.82, 2.24) is 4.90 Å². The Morgan fingerprint density at radius 2 is 1.83 bits per heavy atom. The van der Waals surface area contributed by atoms with Crippen LogP contribution in [-0.4, -0.2) is 32.3 Å². The molecule has 0 aromatic heterocycles. The quantitative estimate of drug-likeness (QED) is 0.502. The van der Waals surface area contributed by atoms with Crippen LogP contribution in [0.5, 0.6) is 0 Å². The smallest absolute Gasteiger partial charge is 0.148 e. The number of hydrogen-bond donors (Lipinski definition) is 0. The van der Waals surface area contributed by atoms with E-state index in [0.717, 1.165) is 0 Å². The lowest BCUT2D eigenvalue weighted by Gasteiger charge is -2.19. The number of hydrogen-bond acceptors (Lipinski definition) is 3. The highest BCUT2D eigenvalue weighted by molar-refractivity contribution is 8.77. The summed E-state index contributed by atoms with van der Waals surface area (Å²) in [6.45, 7) is 5.82. The van der Waals surface area contributed by atoms with E-state index in [1.807, 2.05) is 34.9 Å². The lowest BCUT2D eigenvalue weighted by molar-refractivity contribution is 0.647. The van der Waals surface area contributed by atoms with E-state index in [1.165, 1.54) is 10.8 Å². The summed E-state index contributed by atoms with van der Waals surface area (Å²) in [6.07, 6.45) is 0. The molecular formula is C7H15NOS3. The van der Waals surface area contributed by atoms with Gasteiger partial charge in [0.05, 0.1) is 9.83 Å². The Kier molecular flexibility index (Phi) is 4.73. The molecule has 0 saturated carbocycles. The van der Waals surface area contributed by atoms with Gasteiger partial charge in [-0.1, -0.05) is 12.2 Å². The second-order valence-electron chi connectivity index (χ2n) is 3.59. The summed E-state index contributed by atoms with van der Waals surface area (Å²) >= 11 is 5.02. The molecule has 0 aromatic rings. The second-order valence-corrected chi connectivity index (χ2v) is 7.89. The van der Waals surface area contributed by atoms with Crippen LogP contribution in [0.4, 0.5) is 0 Å². The highest BCUT2D eigenvalue weighted by Crippen LogP contribution is 2.24. The van der Waals surface area contributed by atoms with Gasteiger partial charge in [-0.2, -0.15) is 0 Å². The van der Waals surface area contributed by atoms with Crippen LogP contribution in [0.25, 0.3) is 0 Å². The molecule has 5 heteroatoms. The van der Waals surface area contributed by atoms with Gasteiger partial charge in [0, 0.05) is 29.6 Å². The van der Waals surface area contributed by atoms with Gasteiger partial charge in [0.2, 0.25) is 0 Å². The van der Waals surface area contributed by atoms with Crippen molar-refractivity contribution in [3.05, 3.63) is 0 Å². The Labute approximate surface area is 85.9 Å².